The number of carbonyl (C=O) groups is 1. The van der Waals surface area contributed by atoms with Gasteiger partial charge in [0.1, 0.15) is 4.70 Å². The van der Waals surface area contributed by atoms with E-state index < -0.39 is 0 Å². The molecule has 3 heterocycles. The third kappa shape index (κ3) is 4.08. The van der Waals surface area contributed by atoms with Crippen LogP contribution in [-0.2, 0) is 11.3 Å². The molecule has 2 aromatic rings. The van der Waals surface area contributed by atoms with Gasteiger partial charge in [-0.2, -0.15) is 0 Å². The van der Waals surface area contributed by atoms with Crippen LogP contribution in [0, 0.1) is 5.92 Å². The minimum absolute atomic E-state index is 0.00925. The number of nitrogens with zero attached hydrogens (tertiary/aromatic N) is 3. The maximum Gasteiger partial charge on any atom is 0.272 e. The smallest absolute Gasteiger partial charge is 0.272 e. The Balaban J connectivity index is 1.82. The number of thioether (sulfide) groups is 1. The van der Waals surface area contributed by atoms with Crippen molar-refractivity contribution in [3.63, 3.8) is 0 Å². The Kier molecular flexibility index (Phi) is 5.84. The summed E-state index contributed by atoms with van der Waals surface area (Å²) < 4.78 is 2.43. The molecule has 25 heavy (non-hydrogen) atoms. The summed E-state index contributed by atoms with van der Waals surface area (Å²) in [7, 11) is 0. The molecule has 1 atom stereocenters. The van der Waals surface area contributed by atoms with Gasteiger partial charge in [0.2, 0.25) is 5.91 Å². The van der Waals surface area contributed by atoms with Gasteiger partial charge >= 0.3 is 0 Å². The van der Waals surface area contributed by atoms with Crippen LogP contribution in [0.5, 0.6) is 0 Å². The van der Waals surface area contributed by atoms with Gasteiger partial charge in [-0.1, -0.05) is 25.6 Å². The van der Waals surface area contributed by atoms with E-state index in [1.807, 2.05) is 16.3 Å². The van der Waals surface area contributed by atoms with Crippen molar-refractivity contribution in [2.24, 2.45) is 5.92 Å². The van der Waals surface area contributed by atoms with E-state index in [-0.39, 0.29) is 11.5 Å². The maximum atomic E-state index is 12.8. The average molecular weight is 380 g/mol. The highest BCUT2D eigenvalue weighted by Crippen LogP contribution is 2.23. The summed E-state index contributed by atoms with van der Waals surface area (Å²) >= 11 is 2.82. The second-order valence-corrected chi connectivity index (χ2v) is 8.92. The van der Waals surface area contributed by atoms with E-state index in [9.17, 15) is 9.59 Å². The minimum Gasteiger partial charge on any atom is -0.339 e. The lowest BCUT2D eigenvalue weighted by Gasteiger charge is -2.33. The molecule has 1 aliphatic rings. The molecule has 3 rings (SSSR count). The lowest BCUT2D eigenvalue weighted by molar-refractivity contribution is -0.131. The van der Waals surface area contributed by atoms with Crippen LogP contribution in [0.2, 0.25) is 0 Å². The highest BCUT2D eigenvalue weighted by molar-refractivity contribution is 7.99. The summed E-state index contributed by atoms with van der Waals surface area (Å²) in [5.41, 5.74) is 0.742. The van der Waals surface area contributed by atoms with Gasteiger partial charge in [0, 0.05) is 19.1 Å². The summed E-state index contributed by atoms with van der Waals surface area (Å²) in [6, 6.07) is 2.19. The van der Waals surface area contributed by atoms with E-state index in [0.717, 1.165) is 24.9 Å². The molecule has 0 saturated carbocycles. The van der Waals surface area contributed by atoms with Crippen LogP contribution in [-0.4, -0.2) is 38.7 Å². The van der Waals surface area contributed by atoms with Gasteiger partial charge in [-0.05, 0) is 43.6 Å². The monoisotopic (exact) mass is 379 g/mol. The van der Waals surface area contributed by atoms with Crippen LogP contribution in [0.4, 0.5) is 0 Å². The highest BCUT2D eigenvalue weighted by atomic mass is 32.2. The number of thiophene rings is 1. The van der Waals surface area contributed by atoms with E-state index in [0.29, 0.717) is 34.1 Å². The van der Waals surface area contributed by atoms with Gasteiger partial charge in [-0.15, -0.1) is 11.3 Å². The first kappa shape index (κ1) is 18.5. The fourth-order valence-electron chi connectivity index (χ4n) is 3.24. The molecule has 0 spiro atoms. The zero-order chi connectivity index (χ0) is 18.0. The molecular weight excluding hydrogens is 354 g/mol. The minimum atomic E-state index is 0.00925. The molecule has 7 heteroatoms. The summed E-state index contributed by atoms with van der Waals surface area (Å²) in [4.78, 5) is 32.0. The molecule has 0 N–H and O–H groups in total. The first-order valence-electron chi connectivity index (χ1n) is 8.87. The molecule has 0 aromatic carbocycles. The second kappa shape index (κ2) is 7.91. The first-order chi connectivity index (χ1) is 12.0. The molecule has 1 fully saturated rings. The molecule has 136 valence electrons. The number of aromatic nitrogens is 2. The first-order valence-corrected chi connectivity index (χ1v) is 10.7. The van der Waals surface area contributed by atoms with Crippen molar-refractivity contribution in [1.29, 1.82) is 0 Å². The van der Waals surface area contributed by atoms with Gasteiger partial charge < -0.3 is 4.90 Å². The molecule has 0 aliphatic carbocycles. The number of hydrogen-bond donors (Lipinski definition) is 0. The standard InChI is InChI=1S/C18H25N3O2S2/c1-12(2)10-21-17(23)16-14(7-9-24-16)19-18(21)25-11-15(22)20-8-5-4-6-13(20)3/h7,9,12-13H,4-6,8,10-11H2,1-3H3/t13-/m0/s1. The largest absolute Gasteiger partial charge is 0.339 e. The number of fused-ring (bicyclic) bond motifs is 1. The molecule has 0 unspecified atom stereocenters. The number of piperidine rings is 1. The van der Waals surface area contributed by atoms with Crippen LogP contribution in [0.3, 0.4) is 0 Å². The lowest BCUT2D eigenvalue weighted by Crippen LogP contribution is -2.43. The van der Waals surface area contributed by atoms with Crippen LogP contribution in [0.25, 0.3) is 10.2 Å². The Morgan fingerprint density at radius 1 is 1.44 bits per heavy atom. The summed E-state index contributed by atoms with van der Waals surface area (Å²) in [6.07, 6.45) is 3.36. The fraction of sp³-hybridized carbons (Fsp3) is 0.611. The molecule has 1 amide bonds. The summed E-state index contributed by atoms with van der Waals surface area (Å²) in [5, 5.41) is 2.55. The molecule has 2 aromatic heterocycles. The quantitative estimate of drug-likeness (QED) is 0.588. The van der Waals surface area contributed by atoms with Crippen LogP contribution < -0.4 is 5.56 Å². The Labute approximate surface area is 156 Å². The molecule has 1 aliphatic heterocycles. The highest BCUT2D eigenvalue weighted by Gasteiger charge is 2.24. The molecule has 5 nitrogen and oxygen atoms in total. The van der Waals surface area contributed by atoms with Crippen molar-refractivity contribution in [2.75, 3.05) is 12.3 Å². The maximum absolute atomic E-state index is 12.8. The molecule has 1 saturated heterocycles. The van der Waals surface area contributed by atoms with Gasteiger partial charge in [-0.3, -0.25) is 14.2 Å². The van der Waals surface area contributed by atoms with Crippen molar-refractivity contribution in [2.45, 2.75) is 57.8 Å². The number of amides is 1. The van der Waals surface area contributed by atoms with Crippen molar-refractivity contribution < 1.29 is 4.79 Å². The number of hydrogen-bond acceptors (Lipinski definition) is 5. The third-order valence-electron chi connectivity index (χ3n) is 4.53. The Hall–Kier alpha value is -1.34. The van der Waals surface area contributed by atoms with Crippen molar-refractivity contribution in [1.82, 2.24) is 14.5 Å². The van der Waals surface area contributed by atoms with E-state index in [4.69, 9.17) is 0 Å². The van der Waals surface area contributed by atoms with Crippen LogP contribution in [0.1, 0.15) is 40.0 Å². The summed E-state index contributed by atoms with van der Waals surface area (Å²) in [6.45, 7) is 7.75. The second-order valence-electron chi connectivity index (χ2n) is 7.06. The van der Waals surface area contributed by atoms with E-state index in [1.54, 1.807) is 4.57 Å². The molecule has 0 bridgehead atoms. The molecular formula is C18H25N3O2S2. The van der Waals surface area contributed by atoms with Gasteiger partial charge in [0.05, 0.1) is 11.3 Å². The van der Waals surface area contributed by atoms with Crippen molar-refractivity contribution >= 4 is 39.2 Å². The molecule has 0 radical (unpaired) electrons. The SMILES string of the molecule is CC(C)Cn1c(SCC(=O)N2CCCC[C@@H]2C)nc2ccsc2c1=O. The van der Waals surface area contributed by atoms with E-state index in [1.165, 1.54) is 29.5 Å². The fourth-order valence-corrected chi connectivity index (χ4v) is 4.91. The van der Waals surface area contributed by atoms with Crippen LogP contribution >= 0.6 is 23.1 Å². The average Bonchev–Trinajstić information content (AvgIpc) is 3.04. The Morgan fingerprint density at radius 2 is 2.24 bits per heavy atom. The topological polar surface area (TPSA) is 55.2 Å². The van der Waals surface area contributed by atoms with E-state index >= 15 is 0 Å². The van der Waals surface area contributed by atoms with Crippen molar-refractivity contribution in [3.05, 3.63) is 21.8 Å². The number of rotatable bonds is 5. The van der Waals surface area contributed by atoms with Gasteiger partial charge in [-0.25, -0.2) is 4.98 Å². The Bertz CT molecular complexity index is 812. The predicted molar refractivity (Wildman–Crippen MR) is 104 cm³/mol. The van der Waals surface area contributed by atoms with Crippen LogP contribution in [0.15, 0.2) is 21.4 Å². The third-order valence-corrected chi connectivity index (χ3v) is 6.38. The Morgan fingerprint density at radius 3 is 2.96 bits per heavy atom. The van der Waals surface area contributed by atoms with Gasteiger partial charge in [0.25, 0.3) is 5.56 Å². The zero-order valence-electron chi connectivity index (χ0n) is 15.0. The van der Waals surface area contributed by atoms with E-state index in [2.05, 4.69) is 25.8 Å². The zero-order valence-corrected chi connectivity index (χ0v) is 16.7. The predicted octanol–water partition coefficient (Wildman–Crippen LogP) is 3.61. The lowest BCUT2D eigenvalue weighted by atomic mass is 10.0. The van der Waals surface area contributed by atoms with Gasteiger partial charge in [0.15, 0.2) is 5.16 Å². The number of carbonyl (C=O) groups excluding carboxylic acids is 1. The number of likely N-dealkylation sites (tertiary alicyclic amines) is 1. The van der Waals surface area contributed by atoms with Crippen molar-refractivity contribution in [3.8, 4) is 0 Å². The summed E-state index contributed by atoms with van der Waals surface area (Å²) in [5.74, 6) is 0.826. The normalized spacial score (nSPS) is 18.2.